The average Bonchev–Trinajstić information content (AvgIpc) is 3.23. The number of hydrogen-bond donors (Lipinski definition) is 1. The van der Waals surface area contributed by atoms with E-state index < -0.39 is 0 Å². The fourth-order valence-corrected chi connectivity index (χ4v) is 2.75. The first-order chi connectivity index (χ1) is 9.21. The number of ether oxygens (including phenoxy) is 2. The van der Waals surface area contributed by atoms with E-state index in [0.717, 1.165) is 12.3 Å². The number of methoxy groups -OCH3 is 2. The standard InChI is InChI=1S/C16H25NO2/c1-5-17-15(16(19-4)12-7-8-12)13-10-11(2)6-9-14(13)18-3/h6,9-10,12,15-17H,5,7-8H2,1-4H3. The number of nitrogens with one attached hydrogen (secondary N) is 1. The monoisotopic (exact) mass is 263 g/mol. The summed E-state index contributed by atoms with van der Waals surface area (Å²) in [7, 11) is 3.55. The number of likely N-dealkylation sites (N-methyl/N-ethyl adjacent to an activating group) is 1. The fraction of sp³-hybridized carbons (Fsp3) is 0.625. The third kappa shape index (κ3) is 3.28. The van der Waals surface area contributed by atoms with Gasteiger partial charge in [-0.3, -0.25) is 0 Å². The molecule has 1 N–H and O–H groups in total. The highest BCUT2D eigenvalue weighted by Gasteiger charge is 2.38. The van der Waals surface area contributed by atoms with Crippen LogP contribution in [0.15, 0.2) is 18.2 Å². The molecule has 106 valence electrons. The Hall–Kier alpha value is -1.06. The van der Waals surface area contributed by atoms with Crippen molar-refractivity contribution in [2.24, 2.45) is 5.92 Å². The van der Waals surface area contributed by atoms with Crippen LogP contribution in [0.5, 0.6) is 5.75 Å². The Bertz CT molecular complexity index is 415. The Labute approximate surface area is 116 Å². The van der Waals surface area contributed by atoms with Crippen LogP contribution in [0.25, 0.3) is 0 Å². The summed E-state index contributed by atoms with van der Waals surface area (Å²) >= 11 is 0. The molecule has 0 amide bonds. The lowest BCUT2D eigenvalue weighted by Crippen LogP contribution is -2.35. The van der Waals surface area contributed by atoms with E-state index in [9.17, 15) is 0 Å². The zero-order valence-corrected chi connectivity index (χ0v) is 12.4. The molecule has 0 saturated heterocycles. The van der Waals surface area contributed by atoms with Gasteiger partial charge in [0.1, 0.15) is 5.75 Å². The third-order valence-electron chi connectivity index (χ3n) is 3.83. The Kier molecular flexibility index (Phi) is 4.83. The van der Waals surface area contributed by atoms with Gasteiger partial charge in [0.15, 0.2) is 0 Å². The van der Waals surface area contributed by atoms with E-state index in [1.807, 2.05) is 7.11 Å². The highest BCUT2D eigenvalue weighted by molar-refractivity contribution is 5.40. The van der Waals surface area contributed by atoms with Crippen molar-refractivity contribution in [2.45, 2.75) is 38.8 Å². The van der Waals surface area contributed by atoms with Crippen molar-refractivity contribution in [1.29, 1.82) is 0 Å². The minimum atomic E-state index is 0.206. The SMILES string of the molecule is CCNC(c1cc(C)ccc1OC)C(OC)C1CC1. The van der Waals surface area contributed by atoms with Crippen molar-refractivity contribution in [2.75, 3.05) is 20.8 Å². The van der Waals surface area contributed by atoms with Crippen LogP contribution in [-0.4, -0.2) is 26.9 Å². The molecule has 1 aliphatic carbocycles. The molecule has 3 heteroatoms. The molecular weight excluding hydrogens is 238 g/mol. The number of rotatable bonds is 7. The Balaban J connectivity index is 2.33. The van der Waals surface area contributed by atoms with Gasteiger partial charge in [0, 0.05) is 12.7 Å². The first kappa shape index (κ1) is 14.4. The largest absolute Gasteiger partial charge is 0.496 e. The zero-order valence-electron chi connectivity index (χ0n) is 12.4. The van der Waals surface area contributed by atoms with Gasteiger partial charge < -0.3 is 14.8 Å². The normalized spacial score (nSPS) is 18.1. The molecule has 0 aromatic heterocycles. The molecule has 1 aromatic carbocycles. The summed E-state index contributed by atoms with van der Waals surface area (Å²) in [5, 5.41) is 3.57. The molecule has 2 unspecified atom stereocenters. The minimum Gasteiger partial charge on any atom is -0.496 e. The molecule has 0 aliphatic heterocycles. The van der Waals surface area contributed by atoms with E-state index in [0.29, 0.717) is 5.92 Å². The second kappa shape index (κ2) is 6.40. The van der Waals surface area contributed by atoms with Crippen molar-refractivity contribution < 1.29 is 9.47 Å². The quantitative estimate of drug-likeness (QED) is 0.820. The van der Waals surface area contributed by atoms with Gasteiger partial charge in [-0.25, -0.2) is 0 Å². The van der Waals surface area contributed by atoms with Gasteiger partial charge in [-0.15, -0.1) is 0 Å². The van der Waals surface area contributed by atoms with Crippen LogP contribution in [0.1, 0.15) is 36.9 Å². The highest BCUT2D eigenvalue weighted by atomic mass is 16.5. The van der Waals surface area contributed by atoms with Crippen molar-refractivity contribution in [3.63, 3.8) is 0 Å². The van der Waals surface area contributed by atoms with E-state index in [-0.39, 0.29) is 12.1 Å². The lowest BCUT2D eigenvalue weighted by Gasteiger charge is -2.28. The smallest absolute Gasteiger partial charge is 0.123 e. The van der Waals surface area contributed by atoms with Gasteiger partial charge in [-0.2, -0.15) is 0 Å². The Morgan fingerprint density at radius 3 is 2.58 bits per heavy atom. The average molecular weight is 263 g/mol. The number of benzene rings is 1. The maximum absolute atomic E-state index is 5.76. The van der Waals surface area contributed by atoms with E-state index in [1.54, 1.807) is 7.11 Å². The molecule has 1 aromatic rings. The molecule has 0 bridgehead atoms. The van der Waals surface area contributed by atoms with Gasteiger partial charge in [-0.05, 0) is 38.3 Å². The van der Waals surface area contributed by atoms with Gasteiger partial charge in [0.05, 0.1) is 19.3 Å². The van der Waals surface area contributed by atoms with Gasteiger partial charge in [0.25, 0.3) is 0 Å². The van der Waals surface area contributed by atoms with E-state index in [2.05, 4.69) is 37.4 Å². The van der Waals surface area contributed by atoms with Crippen molar-refractivity contribution >= 4 is 0 Å². The van der Waals surface area contributed by atoms with Gasteiger partial charge in [0.2, 0.25) is 0 Å². The number of aryl methyl sites for hydroxylation is 1. The maximum atomic E-state index is 5.76. The molecule has 1 fully saturated rings. The predicted molar refractivity (Wildman–Crippen MR) is 77.7 cm³/mol. The van der Waals surface area contributed by atoms with Crippen LogP contribution in [-0.2, 0) is 4.74 Å². The van der Waals surface area contributed by atoms with E-state index in [1.165, 1.54) is 24.0 Å². The topological polar surface area (TPSA) is 30.5 Å². The lowest BCUT2D eigenvalue weighted by molar-refractivity contribution is 0.0504. The third-order valence-corrected chi connectivity index (χ3v) is 3.83. The van der Waals surface area contributed by atoms with Crippen molar-refractivity contribution in [3.05, 3.63) is 29.3 Å². The maximum Gasteiger partial charge on any atom is 0.123 e. The highest BCUT2D eigenvalue weighted by Crippen LogP contribution is 2.41. The second-order valence-corrected chi connectivity index (χ2v) is 5.32. The summed E-state index contributed by atoms with van der Waals surface area (Å²) in [6.45, 7) is 5.17. The first-order valence-electron chi connectivity index (χ1n) is 7.12. The lowest BCUT2D eigenvalue weighted by atomic mass is 9.95. The molecule has 1 aliphatic rings. The zero-order chi connectivity index (χ0) is 13.8. The van der Waals surface area contributed by atoms with E-state index in [4.69, 9.17) is 9.47 Å². The summed E-state index contributed by atoms with van der Waals surface area (Å²) in [5.41, 5.74) is 2.47. The molecule has 19 heavy (non-hydrogen) atoms. The summed E-state index contributed by atoms with van der Waals surface area (Å²) in [6, 6.07) is 6.55. The second-order valence-electron chi connectivity index (χ2n) is 5.32. The Morgan fingerprint density at radius 1 is 1.32 bits per heavy atom. The van der Waals surface area contributed by atoms with Gasteiger partial charge >= 0.3 is 0 Å². The molecule has 2 atom stereocenters. The van der Waals surface area contributed by atoms with Crippen LogP contribution < -0.4 is 10.1 Å². The van der Waals surface area contributed by atoms with Crippen LogP contribution in [0.4, 0.5) is 0 Å². The molecule has 0 spiro atoms. The summed E-state index contributed by atoms with van der Waals surface area (Å²) < 4.78 is 11.3. The van der Waals surface area contributed by atoms with E-state index >= 15 is 0 Å². The summed E-state index contributed by atoms with van der Waals surface area (Å²) in [4.78, 5) is 0. The van der Waals surface area contributed by atoms with Crippen molar-refractivity contribution in [3.8, 4) is 5.75 Å². The van der Waals surface area contributed by atoms with Gasteiger partial charge in [-0.1, -0.05) is 24.6 Å². The Morgan fingerprint density at radius 2 is 2.05 bits per heavy atom. The van der Waals surface area contributed by atoms with Crippen LogP contribution in [0.3, 0.4) is 0 Å². The molecule has 0 heterocycles. The molecule has 3 nitrogen and oxygen atoms in total. The minimum absolute atomic E-state index is 0.206. The first-order valence-corrected chi connectivity index (χ1v) is 7.12. The molecule has 0 radical (unpaired) electrons. The van der Waals surface area contributed by atoms with Crippen LogP contribution in [0.2, 0.25) is 0 Å². The summed E-state index contributed by atoms with van der Waals surface area (Å²) in [5.74, 6) is 1.62. The van der Waals surface area contributed by atoms with Crippen LogP contribution in [0, 0.1) is 12.8 Å². The fourth-order valence-electron chi connectivity index (χ4n) is 2.75. The number of hydrogen-bond acceptors (Lipinski definition) is 3. The molecule has 1 saturated carbocycles. The van der Waals surface area contributed by atoms with Crippen LogP contribution >= 0.6 is 0 Å². The summed E-state index contributed by atoms with van der Waals surface area (Å²) in [6.07, 6.45) is 2.78. The molecular formula is C16H25NO2. The molecule has 2 rings (SSSR count). The predicted octanol–water partition coefficient (Wildman–Crippen LogP) is 3.08. The van der Waals surface area contributed by atoms with Crippen molar-refractivity contribution in [1.82, 2.24) is 5.32 Å².